The summed E-state index contributed by atoms with van der Waals surface area (Å²) in [6.07, 6.45) is 3.37. The Morgan fingerprint density at radius 1 is 1.73 bits per heavy atom. The molecule has 0 saturated carbocycles. The summed E-state index contributed by atoms with van der Waals surface area (Å²) in [5.74, 6) is 0.289. The minimum Gasteiger partial charge on any atom is -0.361 e. The molecule has 1 heterocycles. The number of nitrogens with one attached hydrogen (secondary N) is 1. The topological polar surface area (TPSA) is 73.0 Å². The van der Waals surface area contributed by atoms with Gasteiger partial charge in [-0.05, 0) is 23.8 Å². The average molecular weight is 210 g/mol. The van der Waals surface area contributed by atoms with E-state index in [1.54, 1.807) is 11.6 Å². The Morgan fingerprint density at radius 2 is 2.40 bits per heavy atom. The van der Waals surface area contributed by atoms with Crippen molar-refractivity contribution in [3.8, 4) is 0 Å². The second-order valence-electron chi connectivity index (χ2n) is 3.45. The van der Waals surface area contributed by atoms with Gasteiger partial charge in [0.2, 0.25) is 12.1 Å². The summed E-state index contributed by atoms with van der Waals surface area (Å²) in [6, 6.07) is 0. The molecule has 1 aromatic rings. The molecule has 0 fully saturated rings. The zero-order chi connectivity index (χ0) is 11.4. The molecule has 0 saturated heterocycles. The molecule has 0 aromatic carbocycles. The van der Waals surface area contributed by atoms with Gasteiger partial charge >= 0.3 is 5.82 Å². The van der Waals surface area contributed by atoms with Crippen molar-refractivity contribution < 1.29 is 4.92 Å². The van der Waals surface area contributed by atoms with Gasteiger partial charge in [-0.2, -0.15) is 0 Å². The first-order valence-corrected chi connectivity index (χ1v) is 4.55. The molecule has 15 heavy (non-hydrogen) atoms. The molecule has 0 spiro atoms. The number of aromatic nitrogens is 2. The standard InChI is InChI=1S/C9H14N4O2/c1-7(2)4-5-10-8-9(13(14)15)11-6-12(8)3/h4,6,10H,5H2,1-3H3. The van der Waals surface area contributed by atoms with E-state index >= 15 is 0 Å². The van der Waals surface area contributed by atoms with Crippen LogP contribution < -0.4 is 5.32 Å². The lowest BCUT2D eigenvalue weighted by molar-refractivity contribution is -0.388. The van der Waals surface area contributed by atoms with Crippen LogP contribution in [0.2, 0.25) is 0 Å². The van der Waals surface area contributed by atoms with Crippen LogP contribution in [0.3, 0.4) is 0 Å². The number of aryl methyl sites for hydroxylation is 1. The lowest BCUT2D eigenvalue weighted by Gasteiger charge is -2.03. The highest BCUT2D eigenvalue weighted by molar-refractivity contribution is 5.52. The predicted octanol–water partition coefficient (Wildman–Crippen LogP) is 1.71. The molecule has 0 bridgehead atoms. The van der Waals surface area contributed by atoms with Crippen LogP contribution >= 0.6 is 0 Å². The average Bonchev–Trinajstić information content (AvgIpc) is 2.47. The first-order chi connectivity index (χ1) is 7.02. The van der Waals surface area contributed by atoms with E-state index in [2.05, 4.69) is 10.3 Å². The smallest absolute Gasteiger partial charge is 0.361 e. The second-order valence-corrected chi connectivity index (χ2v) is 3.45. The highest BCUT2D eigenvalue weighted by atomic mass is 16.6. The maximum atomic E-state index is 10.6. The van der Waals surface area contributed by atoms with Gasteiger partial charge in [0.15, 0.2) is 0 Å². The van der Waals surface area contributed by atoms with Gasteiger partial charge in [-0.15, -0.1) is 0 Å². The van der Waals surface area contributed by atoms with Gasteiger partial charge in [-0.3, -0.25) is 4.57 Å². The maximum absolute atomic E-state index is 10.6. The van der Waals surface area contributed by atoms with Crippen molar-refractivity contribution in [3.63, 3.8) is 0 Å². The van der Waals surface area contributed by atoms with Crippen LogP contribution in [0.4, 0.5) is 11.6 Å². The van der Waals surface area contributed by atoms with E-state index in [1.165, 1.54) is 6.33 Å². The summed E-state index contributed by atoms with van der Waals surface area (Å²) in [6.45, 7) is 4.50. The third-order valence-electron chi connectivity index (χ3n) is 1.87. The van der Waals surface area contributed by atoms with Crippen LogP contribution in [0.1, 0.15) is 13.8 Å². The molecule has 0 aliphatic rings. The largest absolute Gasteiger partial charge is 0.406 e. The third-order valence-corrected chi connectivity index (χ3v) is 1.87. The molecule has 1 rings (SSSR count). The van der Waals surface area contributed by atoms with Gasteiger partial charge < -0.3 is 15.4 Å². The number of allylic oxidation sites excluding steroid dienone is 1. The van der Waals surface area contributed by atoms with E-state index in [4.69, 9.17) is 0 Å². The van der Waals surface area contributed by atoms with E-state index in [1.807, 2.05) is 19.9 Å². The zero-order valence-corrected chi connectivity index (χ0v) is 9.02. The van der Waals surface area contributed by atoms with Crippen molar-refractivity contribution in [2.24, 2.45) is 7.05 Å². The van der Waals surface area contributed by atoms with Gasteiger partial charge in [0.1, 0.15) is 0 Å². The molecular weight excluding hydrogens is 196 g/mol. The molecule has 0 aliphatic carbocycles. The van der Waals surface area contributed by atoms with Crippen LogP contribution in [-0.2, 0) is 7.05 Å². The molecule has 0 amide bonds. The van der Waals surface area contributed by atoms with E-state index in [9.17, 15) is 10.1 Å². The summed E-state index contributed by atoms with van der Waals surface area (Å²) in [4.78, 5) is 13.8. The Labute approximate surface area is 87.8 Å². The minimum absolute atomic E-state index is 0.139. The van der Waals surface area contributed by atoms with Crippen molar-refractivity contribution in [2.45, 2.75) is 13.8 Å². The second kappa shape index (κ2) is 4.59. The van der Waals surface area contributed by atoms with Gasteiger partial charge in [0.05, 0.1) is 0 Å². The van der Waals surface area contributed by atoms with E-state index in [0.717, 1.165) is 5.57 Å². The summed E-state index contributed by atoms with van der Waals surface area (Å²) in [5.41, 5.74) is 1.16. The van der Waals surface area contributed by atoms with Crippen LogP contribution in [0.15, 0.2) is 18.0 Å². The Balaban J connectivity index is 2.79. The molecule has 6 heteroatoms. The van der Waals surface area contributed by atoms with Crippen LogP contribution in [0.25, 0.3) is 0 Å². The molecule has 0 radical (unpaired) electrons. The molecule has 0 atom stereocenters. The number of rotatable bonds is 4. The molecule has 82 valence electrons. The monoisotopic (exact) mass is 210 g/mol. The van der Waals surface area contributed by atoms with Crippen molar-refractivity contribution in [2.75, 3.05) is 11.9 Å². The Hall–Kier alpha value is -1.85. The van der Waals surface area contributed by atoms with Crippen molar-refractivity contribution in [3.05, 3.63) is 28.1 Å². The lowest BCUT2D eigenvalue weighted by atomic mass is 10.3. The van der Waals surface area contributed by atoms with Gasteiger partial charge in [0, 0.05) is 13.6 Å². The number of anilines is 1. The fourth-order valence-electron chi connectivity index (χ4n) is 1.11. The number of nitrogens with zero attached hydrogens (tertiary/aromatic N) is 3. The lowest BCUT2D eigenvalue weighted by Crippen LogP contribution is -2.05. The predicted molar refractivity (Wildman–Crippen MR) is 57.8 cm³/mol. The van der Waals surface area contributed by atoms with Crippen molar-refractivity contribution >= 4 is 11.6 Å². The quantitative estimate of drug-likeness (QED) is 0.466. The van der Waals surface area contributed by atoms with Crippen LogP contribution in [-0.4, -0.2) is 21.0 Å². The molecule has 0 aliphatic heterocycles. The van der Waals surface area contributed by atoms with Gasteiger partial charge in [0.25, 0.3) is 0 Å². The minimum atomic E-state index is -0.495. The highest BCUT2D eigenvalue weighted by Gasteiger charge is 2.18. The highest BCUT2D eigenvalue weighted by Crippen LogP contribution is 2.20. The summed E-state index contributed by atoms with van der Waals surface area (Å²) >= 11 is 0. The first kappa shape index (κ1) is 11.2. The van der Waals surface area contributed by atoms with E-state index < -0.39 is 4.92 Å². The first-order valence-electron chi connectivity index (χ1n) is 4.55. The molecule has 1 aromatic heterocycles. The Morgan fingerprint density at radius 3 is 2.93 bits per heavy atom. The fraction of sp³-hybridized carbons (Fsp3) is 0.444. The molecule has 1 N–H and O–H groups in total. The van der Waals surface area contributed by atoms with Gasteiger partial charge in [-0.1, -0.05) is 11.6 Å². The Bertz CT molecular complexity index is 391. The van der Waals surface area contributed by atoms with Crippen LogP contribution in [0.5, 0.6) is 0 Å². The number of hydrogen-bond acceptors (Lipinski definition) is 4. The van der Waals surface area contributed by atoms with Crippen molar-refractivity contribution in [1.29, 1.82) is 0 Å². The maximum Gasteiger partial charge on any atom is 0.406 e. The van der Waals surface area contributed by atoms with Crippen molar-refractivity contribution in [1.82, 2.24) is 9.55 Å². The normalized spacial score (nSPS) is 9.80. The number of hydrogen-bond donors (Lipinski definition) is 1. The van der Waals surface area contributed by atoms with Crippen LogP contribution in [0, 0.1) is 10.1 Å². The SMILES string of the molecule is CC(C)=CCNc1c([N+](=O)[O-])ncn1C. The fourth-order valence-corrected chi connectivity index (χ4v) is 1.11. The summed E-state index contributed by atoms with van der Waals surface area (Å²) < 4.78 is 1.59. The van der Waals surface area contributed by atoms with Gasteiger partial charge in [-0.25, -0.2) is 0 Å². The Kier molecular flexibility index (Phi) is 3.43. The summed E-state index contributed by atoms with van der Waals surface area (Å²) in [7, 11) is 1.71. The molecule has 0 unspecified atom stereocenters. The zero-order valence-electron chi connectivity index (χ0n) is 9.02. The third kappa shape index (κ3) is 2.80. The van der Waals surface area contributed by atoms with E-state index in [-0.39, 0.29) is 5.82 Å². The summed E-state index contributed by atoms with van der Waals surface area (Å²) in [5, 5.41) is 13.6. The number of imidazole rings is 1. The molecule has 6 nitrogen and oxygen atoms in total. The molecular formula is C9H14N4O2. The number of nitro groups is 1. The van der Waals surface area contributed by atoms with E-state index in [0.29, 0.717) is 12.4 Å².